The van der Waals surface area contributed by atoms with E-state index in [4.69, 9.17) is 0 Å². The lowest BCUT2D eigenvalue weighted by Gasteiger charge is -2.50. The molecule has 0 radical (unpaired) electrons. The Kier molecular flexibility index (Phi) is 8.29. The molecule has 10 aromatic carbocycles. The van der Waals surface area contributed by atoms with Gasteiger partial charge in [0.25, 0.3) is 0 Å². The maximum Gasteiger partial charge on any atom is 0.0720 e. The lowest BCUT2D eigenvalue weighted by atomic mass is 9.51. The largest absolute Gasteiger partial charge is 0.310 e. The molecule has 4 aliphatic carbocycles. The van der Waals surface area contributed by atoms with Gasteiger partial charge in [0.15, 0.2) is 0 Å². The van der Waals surface area contributed by atoms with Crippen LogP contribution < -0.4 is 4.90 Å². The van der Waals surface area contributed by atoms with Gasteiger partial charge in [-0.3, -0.25) is 0 Å². The maximum atomic E-state index is 2.59. The van der Waals surface area contributed by atoms with E-state index in [-0.39, 0.29) is 10.8 Å². The standard InChI is InChI=1S/C68H51N/c1-65(2)53-29-14-11-26-48(53)50-40-38-46(42-61(50)65)69(47-39-41-51-49-27-12-15-30-54(49)66(3,4)62(51)43-47)63-37-21-36-60-64(63)52-28-13-16-31-55(52)68(60)58-34-19-17-32-56(58)67(44-22-7-5-8-23-44,45-24-9-6-10-25-45)57-33-18-20-35-59(57)68/h5-43H,1-4H3. The molecule has 69 heavy (non-hydrogen) atoms. The van der Waals surface area contributed by atoms with Crippen LogP contribution in [0, 0.1) is 0 Å². The highest BCUT2D eigenvalue weighted by atomic mass is 15.1. The molecule has 10 aromatic rings. The van der Waals surface area contributed by atoms with E-state index < -0.39 is 10.8 Å². The van der Waals surface area contributed by atoms with Crippen molar-refractivity contribution in [2.45, 2.75) is 49.4 Å². The highest BCUT2D eigenvalue weighted by Gasteiger charge is 2.57. The molecule has 4 aliphatic rings. The number of benzene rings is 10. The predicted octanol–water partition coefficient (Wildman–Crippen LogP) is 16.8. The van der Waals surface area contributed by atoms with Crippen molar-refractivity contribution < 1.29 is 0 Å². The van der Waals surface area contributed by atoms with E-state index in [9.17, 15) is 0 Å². The SMILES string of the molecule is CC1(C)c2ccccc2-c2ccc(N(c3ccc4c(c3)C(C)(C)c3ccccc3-4)c3cccc4c3-c3ccccc3C43c4ccccc4C(c4ccccc4)(c4ccccc4)c4ccccc43)cc21. The first-order chi connectivity index (χ1) is 33.8. The molecule has 0 saturated carbocycles. The van der Waals surface area contributed by atoms with Gasteiger partial charge in [0.1, 0.15) is 0 Å². The summed E-state index contributed by atoms with van der Waals surface area (Å²) in [4.78, 5) is 2.59. The van der Waals surface area contributed by atoms with Gasteiger partial charge in [-0.2, -0.15) is 0 Å². The Labute approximate surface area is 406 Å². The van der Waals surface area contributed by atoms with Crippen LogP contribution in [0.5, 0.6) is 0 Å². The van der Waals surface area contributed by atoms with Gasteiger partial charge in [0.05, 0.1) is 16.5 Å². The lowest BCUT2D eigenvalue weighted by Crippen LogP contribution is -2.44. The number of hydrogen-bond donors (Lipinski definition) is 0. The molecule has 1 nitrogen and oxygen atoms in total. The average Bonchev–Trinajstić information content (AvgIpc) is 3.92. The first-order valence-electron chi connectivity index (χ1n) is 24.6. The fraction of sp³-hybridized carbons (Fsp3) is 0.118. The maximum absolute atomic E-state index is 2.59. The normalized spacial score (nSPS) is 16.0. The van der Waals surface area contributed by atoms with Crippen molar-refractivity contribution in [3.8, 4) is 33.4 Å². The Balaban J connectivity index is 1.07. The first-order valence-corrected chi connectivity index (χ1v) is 24.6. The molecule has 0 saturated heterocycles. The van der Waals surface area contributed by atoms with Crippen molar-refractivity contribution in [1.29, 1.82) is 0 Å². The molecule has 1 heteroatoms. The van der Waals surface area contributed by atoms with Crippen molar-refractivity contribution in [2.24, 2.45) is 0 Å². The zero-order valence-corrected chi connectivity index (χ0v) is 39.5. The van der Waals surface area contributed by atoms with E-state index in [2.05, 4.69) is 269 Å². The third-order valence-corrected chi connectivity index (χ3v) is 16.8. The quantitative estimate of drug-likeness (QED) is 0.166. The number of hydrogen-bond acceptors (Lipinski definition) is 1. The number of nitrogens with zero attached hydrogens (tertiary/aromatic N) is 1. The summed E-state index contributed by atoms with van der Waals surface area (Å²) in [6.07, 6.45) is 0. The van der Waals surface area contributed by atoms with E-state index in [0.29, 0.717) is 0 Å². The molecular formula is C68H51N. The van der Waals surface area contributed by atoms with Crippen LogP contribution >= 0.6 is 0 Å². The van der Waals surface area contributed by atoms with Crippen LogP contribution in [-0.4, -0.2) is 0 Å². The van der Waals surface area contributed by atoms with Crippen LogP contribution in [0.25, 0.3) is 33.4 Å². The van der Waals surface area contributed by atoms with Crippen molar-refractivity contribution in [3.05, 3.63) is 303 Å². The van der Waals surface area contributed by atoms with Gasteiger partial charge in [-0.25, -0.2) is 0 Å². The molecule has 0 bridgehead atoms. The Bertz CT molecular complexity index is 3540. The minimum absolute atomic E-state index is 0.163. The van der Waals surface area contributed by atoms with Crippen LogP contribution in [0.3, 0.4) is 0 Å². The van der Waals surface area contributed by atoms with Crippen molar-refractivity contribution in [1.82, 2.24) is 0 Å². The van der Waals surface area contributed by atoms with Crippen LogP contribution in [0.4, 0.5) is 17.1 Å². The van der Waals surface area contributed by atoms with Crippen LogP contribution in [0.1, 0.15) is 94.5 Å². The van der Waals surface area contributed by atoms with Crippen molar-refractivity contribution >= 4 is 17.1 Å². The molecule has 0 amide bonds. The van der Waals surface area contributed by atoms with E-state index in [1.165, 1.54) is 106 Å². The van der Waals surface area contributed by atoms with E-state index >= 15 is 0 Å². The molecular weight excluding hydrogens is 831 g/mol. The summed E-state index contributed by atoms with van der Waals surface area (Å²) in [7, 11) is 0. The third-order valence-electron chi connectivity index (χ3n) is 16.8. The van der Waals surface area contributed by atoms with Gasteiger partial charge in [-0.15, -0.1) is 0 Å². The third kappa shape index (κ3) is 5.10. The fourth-order valence-electron chi connectivity index (χ4n) is 13.9. The summed E-state index contributed by atoms with van der Waals surface area (Å²) in [5, 5.41) is 0. The van der Waals surface area contributed by atoms with Gasteiger partial charge in [-0.05, 0) is 125 Å². The highest BCUT2D eigenvalue weighted by Crippen LogP contribution is 2.66. The van der Waals surface area contributed by atoms with E-state index in [1.54, 1.807) is 0 Å². The molecule has 0 unspecified atom stereocenters. The van der Waals surface area contributed by atoms with E-state index in [1.807, 2.05) is 0 Å². The number of anilines is 3. The van der Waals surface area contributed by atoms with Gasteiger partial charge >= 0.3 is 0 Å². The zero-order valence-electron chi connectivity index (χ0n) is 39.5. The van der Waals surface area contributed by atoms with Gasteiger partial charge < -0.3 is 4.90 Å². The van der Waals surface area contributed by atoms with E-state index in [0.717, 1.165) is 11.4 Å². The minimum atomic E-state index is -0.614. The molecule has 1 spiro atoms. The molecule has 0 N–H and O–H groups in total. The van der Waals surface area contributed by atoms with Gasteiger partial charge in [0, 0.05) is 27.8 Å². The summed E-state index contributed by atoms with van der Waals surface area (Å²) in [5.74, 6) is 0. The average molecular weight is 882 g/mol. The van der Waals surface area contributed by atoms with Crippen molar-refractivity contribution in [3.63, 3.8) is 0 Å². The summed E-state index contributed by atoms with van der Waals surface area (Å²) >= 11 is 0. The Morgan fingerprint density at radius 1 is 0.261 bits per heavy atom. The number of fused-ring (bicyclic) bond motifs is 15. The minimum Gasteiger partial charge on any atom is -0.310 e. The molecule has 0 aliphatic heterocycles. The van der Waals surface area contributed by atoms with Crippen LogP contribution in [-0.2, 0) is 21.7 Å². The second-order valence-corrected chi connectivity index (χ2v) is 20.7. The van der Waals surface area contributed by atoms with Crippen LogP contribution in [0.15, 0.2) is 237 Å². The Hall–Kier alpha value is -8.00. The van der Waals surface area contributed by atoms with Gasteiger partial charge in [-0.1, -0.05) is 234 Å². The smallest absolute Gasteiger partial charge is 0.0720 e. The second kappa shape index (κ2) is 14.3. The molecule has 0 atom stereocenters. The lowest BCUT2D eigenvalue weighted by molar-refractivity contribution is 0.623. The first kappa shape index (κ1) is 40.1. The molecule has 0 fully saturated rings. The zero-order chi connectivity index (χ0) is 46.3. The van der Waals surface area contributed by atoms with Gasteiger partial charge in [0.2, 0.25) is 0 Å². The number of rotatable bonds is 5. The summed E-state index contributed by atoms with van der Waals surface area (Å²) in [5.41, 5.74) is 25.8. The molecule has 14 rings (SSSR count). The Morgan fingerprint density at radius 2 is 0.623 bits per heavy atom. The molecule has 0 heterocycles. The monoisotopic (exact) mass is 881 g/mol. The van der Waals surface area contributed by atoms with Crippen molar-refractivity contribution in [2.75, 3.05) is 4.90 Å². The predicted molar refractivity (Wildman–Crippen MR) is 285 cm³/mol. The second-order valence-electron chi connectivity index (χ2n) is 20.7. The fourth-order valence-corrected chi connectivity index (χ4v) is 13.9. The highest BCUT2D eigenvalue weighted by molar-refractivity contribution is 6.00. The summed E-state index contributed by atoms with van der Waals surface area (Å²) in [6, 6.07) is 90.1. The molecule has 328 valence electrons. The summed E-state index contributed by atoms with van der Waals surface area (Å²) in [6.45, 7) is 9.57. The summed E-state index contributed by atoms with van der Waals surface area (Å²) < 4.78 is 0. The topological polar surface area (TPSA) is 3.24 Å². The Morgan fingerprint density at radius 3 is 1.10 bits per heavy atom. The molecule has 0 aromatic heterocycles. The van der Waals surface area contributed by atoms with Crippen LogP contribution in [0.2, 0.25) is 0 Å².